The maximum Gasteiger partial charge on any atom is 0.138 e. The third-order valence-electron chi connectivity index (χ3n) is 12.5. The molecule has 10 atom stereocenters. The number of fused-ring (bicyclic) bond motifs is 5. The molecule has 0 aromatic heterocycles. The molecule has 0 aromatic carbocycles. The first-order valence-electron chi connectivity index (χ1n) is 13.9. The van der Waals surface area contributed by atoms with Crippen LogP contribution in [0.4, 0.5) is 0 Å². The summed E-state index contributed by atoms with van der Waals surface area (Å²) < 4.78 is 5.69. The molecule has 4 nitrogen and oxygen atoms in total. The molecular weight excluding hydrogens is 424 g/mol. The van der Waals surface area contributed by atoms with E-state index in [0.717, 1.165) is 32.1 Å². The molecule has 34 heavy (non-hydrogen) atoms. The van der Waals surface area contributed by atoms with Crippen molar-refractivity contribution in [3.05, 3.63) is 11.6 Å². The molecule has 4 heteroatoms. The van der Waals surface area contributed by atoms with Gasteiger partial charge in [-0.25, -0.2) is 0 Å². The number of ether oxygens (including phenoxy) is 1. The summed E-state index contributed by atoms with van der Waals surface area (Å²) in [7, 11) is 0. The van der Waals surface area contributed by atoms with Gasteiger partial charge < -0.3 is 14.9 Å². The Morgan fingerprint density at radius 1 is 1.03 bits per heavy atom. The number of aliphatic hydroxyl groups is 2. The van der Waals surface area contributed by atoms with Crippen LogP contribution >= 0.6 is 0 Å². The summed E-state index contributed by atoms with van der Waals surface area (Å²) in [6.07, 6.45) is 7.95. The van der Waals surface area contributed by atoms with Gasteiger partial charge in [0.25, 0.3) is 0 Å². The second-order valence-corrected chi connectivity index (χ2v) is 14.7. The summed E-state index contributed by atoms with van der Waals surface area (Å²) >= 11 is 0. The lowest BCUT2D eigenvalue weighted by molar-refractivity contribution is -0.236. The van der Waals surface area contributed by atoms with Crippen LogP contribution in [0.5, 0.6) is 0 Å². The van der Waals surface area contributed by atoms with Crippen molar-refractivity contribution in [2.24, 2.45) is 45.3 Å². The number of carbonyl (C=O) groups is 1. The van der Waals surface area contributed by atoms with E-state index in [1.54, 1.807) is 0 Å². The second-order valence-electron chi connectivity index (χ2n) is 14.7. The Kier molecular flexibility index (Phi) is 5.44. The highest BCUT2D eigenvalue weighted by Crippen LogP contribution is 2.75. The minimum absolute atomic E-state index is 0.00582. The standard InChI is InChI=1S/C30H48O4/c1-17(15-21(32)25-27(4,5)34-25)18-9-13-29(7)19(18)16-20(31)24-28(6)12-11-23(33)26(2,3)22(28)10-14-30(24,29)8/h15,18-22,24-25,31-32H,9-14,16H2,1-8H3/b17-15+/t18-,19-,20-,21?,22+,24-,25?,28+,29-,30-/m1/s1. The van der Waals surface area contributed by atoms with Crippen molar-refractivity contribution in [2.45, 2.75) is 124 Å². The largest absolute Gasteiger partial charge is 0.393 e. The SMILES string of the molecule is C/C(=C\C(O)C1OC1(C)C)[C@H]1CC[C@]2(C)[C@@H]1C[C@@H](O)[C@@H]1[C@@]3(C)CCC(=O)C(C)(C)[C@@H]3CC[C@]12C. The topological polar surface area (TPSA) is 70.1 Å². The van der Waals surface area contributed by atoms with E-state index in [1.165, 1.54) is 12.0 Å². The zero-order chi connectivity index (χ0) is 25.1. The van der Waals surface area contributed by atoms with Gasteiger partial charge in [-0.05, 0) is 99.2 Å². The Hall–Kier alpha value is -0.710. The summed E-state index contributed by atoms with van der Waals surface area (Å²) in [5.41, 5.74) is 0.976. The molecule has 5 aliphatic rings. The number of ketones is 1. The van der Waals surface area contributed by atoms with Gasteiger partial charge in [-0.2, -0.15) is 0 Å². The molecule has 1 saturated heterocycles. The number of allylic oxidation sites excluding steroid dienone is 1. The lowest BCUT2D eigenvalue weighted by Crippen LogP contribution is -2.66. The molecule has 2 N–H and O–H groups in total. The van der Waals surface area contributed by atoms with Crippen LogP contribution in [0.1, 0.15) is 100 Å². The number of epoxide rings is 1. The van der Waals surface area contributed by atoms with Crippen LogP contribution in [0.25, 0.3) is 0 Å². The van der Waals surface area contributed by atoms with Gasteiger partial charge in [-0.3, -0.25) is 4.79 Å². The third kappa shape index (κ3) is 3.16. The van der Waals surface area contributed by atoms with E-state index in [4.69, 9.17) is 4.74 Å². The number of carbonyl (C=O) groups excluding carboxylic acids is 1. The van der Waals surface area contributed by atoms with E-state index in [1.807, 2.05) is 19.9 Å². The minimum atomic E-state index is -0.560. The van der Waals surface area contributed by atoms with Crippen molar-refractivity contribution in [2.75, 3.05) is 0 Å². The maximum absolute atomic E-state index is 12.9. The number of hydrogen-bond donors (Lipinski definition) is 2. The van der Waals surface area contributed by atoms with Gasteiger partial charge in [0.2, 0.25) is 0 Å². The van der Waals surface area contributed by atoms with E-state index in [2.05, 4.69) is 41.5 Å². The maximum atomic E-state index is 12.9. The van der Waals surface area contributed by atoms with Gasteiger partial charge in [0.05, 0.1) is 11.7 Å². The van der Waals surface area contributed by atoms with Gasteiger partial charge >= 0.3 is 0 Å². The smallest absolute Gasteiger partial charge is 0.138 e. The average Bonchev–Trinajstić information content (AvgIpc) is 3.23. The van der Waals surface area contributed by atoms with Crippen molar-refractivity contribution in [3.63, 3.8) is 0 Å². The number of rotatable bonds is 3. The number of Topliss-reactive ketones (excluding diaryl/α,β-unsaturated/α-hetero) is 1. The first kappa shape index (κ1) is 25.0. The molecule has 1 heterocycles. The molecule has 1 aliphatic heterocycles. The monoisotopic (exact) mass is 472 g/mol. The van der Waals surface area contributed by atoms with E-state index < -0.39 is 6.10 Å². The van der Waals surface area contributed by atoms with Crippen LogP contribution in [0.3, 0.4) is 0 Å². The fourth-order valence-corrected chi connectivity index (χ4v) is 10.4. The zero-order valence-electron chi connectivity index (χ0n) is 22.8. The summed E-state index contributed by atoms with van der Waals surface area (Å²) in [4.78, 5) is 12.9. The normalized spacial score (nSPS) is 52.4. The third-order valence-corrected chi connectivity index (χ3v) is 12.5. The molecule has 192 valence electrons. The van der Waals surface area contributed by atoms with Crippen LogP contribution < -0.4 is 0 Å². The molecule has 5 rings (SSSR count). The van der Waals surface area contributed by atoms with E-state index in [-0.39, 0.29) is 45.4 Å². The lowest BCUT2D eigenvalue weighted by atomic mass is 9.35. The Bertz CT molecular complexity index is 903. The van der Waals surface area contributed by atoms with E-state index in [0.29, 0.717) is 30.0 Å². The molecule has 0 amide bonds. The molecule has 0 bridgehead atoms. The van der Waals surface area contributed by atoms with Crippen LogP contribution in [0.15, 0.2) is 11.6 Å². The molecule has 2 unspecified atom stereocenters. The molecule has 5 fully saturated rings. The van der Waals surface area contributed by atoms with Crippen LogP contribution in [-0.4, -0.2) is 39.9 Å². The minimum Gasteiger partial charge on any atom is -0.393 e. The number of hydrogen-bond acceptors (Lipinski definition) is 4. The molecule has 4 saturated carbocycles. The quantitative estimate of drug-likeness (QED) is 0.409. The summed E-state index contributed by atoms with van der Waals surface area (Å²) in [6, 6.07) is 0. The summed E-state index contributed by atoms with van der Waals surface area (Å²) in [5, 5.41) is 22.6. The highest BCUT2D eigenvalue weighted by molar-refractivity contribution is 5.85. The summed E-state index contributed by atoms with van der Waals surface area (Å²) in [5.74, 6) is 1.84. The molecule has 0 spiro atoms. The first-order valence-corrected chi connectivity index (χ1v) is 13.9. The van der Waals surface area contributed by atoms with Crippen molar-refractivity contribution in [1.82, 2.24) is 0 Å². The van der Waals surface area contributed by atoms with Crippen molar-refractivity contribution >= 4 is 5.78 Å². The Morgan fingerprint density at radius 3 is 2.26 bits per heavy atom. The van der Waals surface area contributed by atoms with Crippen LogP contribution in [-0.2, 0) is 9.53 Å². The van der Waals surface area contributed by atoms with Gasteiger partial charge in [0.1, 0.15) is 18.0 Å². The van der Waals surface area contributed by atoms with Crippen LogP contribution in [0, 0.1) is 45.3 Å². The highest BCUT2D eigenvalue weighted by Gasteiger charge is 2.70. The van der Waals surface area contributed by atoms with Crippen molar-refractivity contribution in [3.8, 4) is 0 Å². The highest BCUT2D eigenvalue weighted by atomic mass is 16.6. The fourth-order valence-electron chi connectivity index (χ4n) is 10.4. The predicted octanol–water partition coefficient (Wildman–Crippen LogP) is 5.70. The van der Waals surface area contributed by atoms with Gasteiger partial charge in [0, 0.05) is 11.8 Å². The molecule has 0 radical (unpaired) electrons. The summed E-state index contributed by atoms with van der Waals surface area (Å²) in [6.45, 7) is 18.0. The van der Waals surface area contributed by atoms with Gasteiger partial charge in [-0.15, -0.1) is 0 Å². The van der Waals surface area contributed by atoms with Crippen molar-refractivity contribution < 1.29 is 19.7 Å². The van der Waals surface area contributed by atoms with Gasteiger partial charge in [-0.1, -0.05) is 46.3 Å². The number of aliphatic hydroxyl groups excluding tert-OH is 2. The average molecular weight is 473 g/mol. The first-order chi connectivity index (χ1) is 15.6. The Morgan fingerprint density at radius 2 is 1.65 bits per heavy atom. The molecule has 4 aliphatic carbocycles. The Balaban J connectivity index is 1.46. The van der Waals surface area contributed by atoms with Crippen molar-refractivity contribution in [1.29, 1.82) is 0 Å². The zero-order valence-corrected chi connectivity index (χ0v) is 22.8. The van der Waals surface area contributed by atoms with E-state index in [9.17, 15) is 15.0 Å². The van der Waals surface area contributed by atoms with Gasteiger partial charge in [0.15, 0.2) is 0 Å². The van der Waals surface area contributed by atoms with E-state index >= 15 is 0 Å². The fraction of sp³-hybridized carbons (Fsp3) is 0.900. The predicted molar refractivity (Wildman–Crippen MR) is 134 cm³/mol. The Labute approximate surface area is 206 Å². The molecule has 0 aromatic rings. The lowest BCUT2D eigenvalue weighted by Gasteiger charge is -2.70. The van der Waals surface area contributed by atoms with Crippen LogP contribution in [0.2, 0.25) is 0 Å². The second kappa shape index (κ2) is 7.42. The molecular formula is C30H48O4.